The predicted molar refractivity (Wildman–Crippen MR) is 197 cm³/mol. The summed E-state index contributed by atoms with van der Waals surface area (Å²) in [4.78, 5) is 6.44. The van der Waals surface area contributed by atoms with Crippen LogP contribution in [0.5, 0.6) is 17.2 Å². The fraction of sp³-hybridized carbons (Fsp3) is 0.415. The van der Waals surface area contributed by atoms with Crippen molar-refractivity contribution in [3.05, 3.63) is 106 Å². The topological polar surface area (TPSA) is 140 Å². The van der Waals surface area contributed by atoms with Crippen molar-refractivity contribution in [2.75, 3.05) is 39.5 Å². The quantitative estimate of drug-likeness (QED) is 0.107. The van der Waals surface area contributed by atoms with Crippen molar-refractivity contribution < 1.29 is 29.5 Å². The van der Waals surface area contributed by atoms with Gasteiger partial charge in [0.25, 0.3) is 0 Å². The van der Waals surface area contributed by atoms with E-state index >= 15 is 0 Å². The number of rotatable bonds is 17. The Morgan fingerprint density at radius 1 is 0.941 bits per heavy atom. The predicted octanol–water partition coefficient (Wildman–Crippen LogP) is 5.37. The van der Waals surface area contributed by atoms with Gasteiger partial charge in [0.15, 0.2) is 0 Å². The van der Waals surface area contributed by atoms with Gasteiger partial charge in [-0.2, -0.15) is 5.26 Å². The summed E-state index contributed by atoms with van der Waals surface area (Å²) < 4.78 is 18.9. The molecule has 0 radical (unpaired) electrons. The van der Waals surface area contributed by atoms with Crippen LogP contribution in [0.3, 0.4) is 0 Å². The van der Waals surface area contributed by atoms with E-state index in [1.54, 1.807) is 19.2 Å². The van der Waals surface area contributed by atoms with Crippen molar-refractivity contribution in [3.8, 4) is 34.4 Å². The lowest BCUT2D eigenvalue weighted by molar-refractivity contribution is 0.103. The molecular weight excluding hydrogens is 644 g/mol. The molecule has 2 heterocycles. The van der Waals surface area contributed by atoms with Gasteiger partial charge in [-0.1, -0.05) is 30.3 Å². The molecule has 1 aliphatic heterocycles. The molecule has 0 unspecified atom stereocenters. The molecular formula is C41H50N4O6. The molecule has 10 heteroatoms. The summed E-state index contributed by atoms with van der Waals surface area (Å²) in [6.45, 7) is 11.6. The summed E-state index contributed by atoms with van der Waals surface area (Å²) in [5.41, 5.74) is 7.64. The van der Waals surface area contributed by atoms with Crippen LogP contribution in [0.1, 0.15) is 58.7 Å². The van der Waals surface area contributed by atoms with Gasteiger partial charge in [0, 0.05) is 55.8 Å². The zero-order chi connectivity index (χ0) is 36.4. The summed E-state index contributed by atoms with van der Waals surface area (Å²) in [6, 6.07) is 20.1. The van der Waals surface area contributed by atoms with Crippen molar-refractivity contribution in [2.45, 2.75) is 71.9 Å². The van der Waals surface area contributed by atoms with E-state index in [4.69, 9.17) is 14.2 Å². The molecule has 270 valence electrons. The minimum atomic E-state index is -0.866. The number of hydrogen-bond acceptors (Lipinski definition) is 10. The number of aryl methyl sites for hydroxylation is 1. The molecule has 1 fully saturated rings. The van der Waals surface area contributed by atoms with Gasteiger partial charge in [0.05, 0.1) is 37.0 Å². The number of aliphatic hydroxyl groups is 3. The highest BCUT2D eigenvalue weighted by Gasteiger charge is 2.23. The van der Waals surface area contributed by atoms with E-state index in [1.807, 2.05) is 31.2 Å². The monoisotopic (exact) mass is 694 g/mol. The molecule has 5 rings (SSSR count). The van der Waals surface area contributed by atoms with Crippen LogP contribution in [0.2, 0.25) is 0 Å². The highest BCUT2D eigenvalue weighted by atomic mass is 16.5. The first-order chi connectivity index (χ1) is 24.6. The van der Waals surface area contributed by atoms with Gasteiger partial charge in [0.2, 0.25) is 0 Å². The van der Waals surface area contributed by atoms with E-state index in [2.05, 4.69) is 59.4 Å². The maximum atomic E-state index is 9.83. The zero-order valence-corrected chi connectivity index (χ0v) is 30.1. The number of ether oxygens (including phenoxy) is 3. The fourth-order valence-electron chi connectivity index (χ4n) is 6.28. The number of benzene rings is 3. The summed E-state index contributed by atoms with van der Waals surface area (Å²) in [6.07, 6.45) is 4.73. The highest BCUT2D eigenvalue weighted by Crippen LogP contribution is 2.35. The van der Waals surface area contributed by atoms with Gasteiger partial charge in [-0.05, 0) is 92.1 Å². The van der Waals surface area contributed by atoms with Crippen molar-refractivity contribution in [1.82, 2.24) is 15.2 Å². The van der Waals surface area contributed by atoms with Gasteiger partial charge in [-0.15, -0.1) is 0 Å². The van der Waals surface area contributed by atoms with Gasteiger partial charge in [-0.25, -0.2) is 0 Å². The Kier molecular flexibility index (Phi) is 13.0. The molecule has 0 amide bonds. The Morgan fingerprint density at radius 2 is 1.71 bits per heavy atom. The van der Waals surface area contributed by atoms with E-state index in [9.17, 15) is 20.6 Å². The maximum absolute atomic E-state index is 9.83. The third-order valence-electron chi connectivity index (χ3n) is 9.65. The van der Waals surface area contributed by atoms with Crippen LogP contribution in [0.4, 0.5) is 0 Å². The number of nitrogens with zero attached hydrogens (tertiary/aromatic N) is 3. The average molecular weight is 695 g/mol. The van der Waals surface area contributed by atoms with Crippen molar-refractivity contribution in [2.24, 2.45) is 0 Å². The standard InChI is InChI=1S/C41H50N4O6/c1-28-16-35(18-40(38(28)22-44-41(4,26-46)27-47)51-24-32-17-31(19-42)20-43-21-32)50-25-33-8-5-9-36(29(33)2)37-10-6-11-39(30(37)3)49-15-7-13-45-14-12-34(48)23-45/h5-6,8-11,16-18,20-21,34,44,46-48H,7,12-15,22-27H2,1-4H3/t34-/m1/s1. The van der Waals surface area contributed by atoms with Crippen LogP contribution in [0.25, 0.3) is 11.1 Å². The summed E-state index contributed by atoms with van der Waals surface area (Å²) in [7, 11) is 0. The SMILES string of the molecule is Cc1cc(OCc2cccc(-c3cccc(OCCCN4CC[C@@H](O)C4)c3C)c2C)cc(OCc2cncc(C#N)c2)c1CNC(C)(CO)CO. The van der Waals surface area contributed by atoms with Crippen molar-refractivity contribution in [1.29, 1.82) is 5.26 Å². The first kappa shape index (κ1) is 37.7. The van der Waals surface area contributed by atoms with Crippen LogP contribution < -0.4 is 19.5 Å². The summed E-state index contributed by atoms with van der Waals surface area (Å²) >= 11 is 0. The molecule has 10 nitrogen and oxygen atoms in total. The van der Waals surface area contributed by atoms with Gasteiger partial charge >= 0.3 is 0 Å². The van der Waals surface area contributed by atoms with E-state index in [-0.39, 0.29) is 25.9 Å². The molecule has 51 heavy (non-hydrogen) atoms. The van der Waals surface area contributed by atoms with Gasteiger partial charge in [0.1, 0.15) is 36.5 Å². The number of pyridine rings is 1. The molecule has 0 spiro atoms. The molecule has 0 aliphatic carbocycles. The molecule has 1 aliphatic rings. The third-order valence-corrected chi connectivity index (χ3v) is 9.65. The molecule has 0 bridgehead atoms. The molecule has 4 N–H and O–H groups in total. The smallest absolute Gasteiger partial charge is 0.128 e. The molecule has 3 aromatic carbocycles. The van der Waals surface area contributed by atoms with Crippen LogP contribution in [0.15, 0.2) is 67.0 Å². The number of aromatic nitrogens is 1. The summed E-state index contributed by atoms with van der Waals surface area (Å²) in [5, 5.41) is 42.0. The Labute approximate surface area is 301 Å². The van der Waals surface area contributed by atoms with Gasteiger partial charge < -0.3 is 39.7 Å². The average Bonchev–Trinajstić information content (AvgIpc) is 3.56. The van der Waals surface area contributed by atoms with E-state index in [0.717, 1.165) is 82.7 Å². The second kappa shape index (κ2) is 17.6. The number of likely N-dealkylation sites (tertiary alicyclic amines) is 1. The number of nitriles is 1. The largest absolute Gasteiger partial charge is 0.493 e. The van der Waals surface area contributed by atoms with Crippen molar-refractivity contribution >= 4 is 0 Å². The number of β-amino-alcohol motifs (C(OH)–C–C–N with tert-alkyl or cyclic N) is 1. The number of hydrogen-bond donors (Lipinski definition) is 4. The third kappa shape index (κ3) is 9.85. The molecule has 1 atom stereocenters. The lowest BCUT2D eigenvalue weighted by atomic mass is 9.93. The Morgan fingerprint density at radius 3 is 2.43 bits per heavy atom. The van der Waals surface area contributed by atoms with E-state index < -0.39 is 5.54 Å². The lowest BCUT2D eigenvalue weighted by Crippen LogP contribution is -2.48. The molecule has 1 saturated heterocycles. The van der Waals surface area contributed by atoms with Crippen LogP contribution in [-0.4, -0.2) is 76.3 Å². The second-order valence-corrected chi connectivity index (χ2v) is 13.7. The highest BCUT2D eigenvalue weighted by molar-refractivity contribution is 5.73. The minimum Gasteiger partial charge on any atom is -0.493 e. The van der Waals surface area contributed by atoms with E-state index in [0.29, 0.717) is 36.8 Å². The first-order valence-electron chi connectivity index (χ1n) is 17.5. The maximum Gasteiger partial charge on any atom is 0.128 e. The fourth-order valence-corrected chi connectivity index (χ4v) is 6.28. The Hall–Kier alpha value is -4.50. The Balaban J connectivity index is 1.31. The van der Waals surface area contributed by atoms with Crippen LogP contribution in [-0.2, 0) is 19.8 Å². The minimum absolute atomic E-state index is 0.196. The second-order valence-electron chi connectivity index (χ2n) is 13.7. The van der Waals surface area contributed by atoms with Crippen LogP contribution in [0, 0.1) is 32.1 Å². The normalized spacial score (nSPS) is 14.7. The lowest BCUT2D eigenvalue weighted by Gasteiger charge is -2.27. The molecule has 4 aromatic rings. The molecule has 0 saturated carbocycles. The molecule has 1 aromatic heterocycles. The number of aliphatic hydroxyl groups excluding tert-OH is 3. The number of nitrogens with one attached hydrogen (secondary N) is 1. The zero-order valence-electron chi connectivity index (χ0n) is 30.1. The van der Waals surface area contributed by atoms with E-state index in [1.165, 1.54) is 6.20 Å². The van der Waals surface area contributed by atoms with Crippen molar-refractivity contribution in [3.63, 3.8) is 0 Å². The Bertz CT molecular complexity index is 1820. The first-order valence-corrected chi connectivity index (χ1v) is 17.5. The summed E-state index contributed by atoms with van der Waals surface area (Å²) in [5.74, 6) is 2.11. The van der Waals surface area contributed by atoms with Gasteiger partial charge in [-0.3, -0.25) is 4.98 Å². The van der Waals surface area contributed by atoms with Crippen LogP contribution >= 0.6 is 0 Å².